The second-order valence-corrected chi connectivity index (χ2v) is 7.06. The molecule has 0 aliphatic carbocycles. The molecule has 2 unspecified atom stereocenters. The van der Waals surface area contributed by atoms with E-state index in [0.717, 1.165) is 37.4 Å². The van der Waals surface area contributed by atoms with Gasteiger partial charge >= 0.3 is 0 Å². The molecule has 5 heteroatoms. The molecule has 2 atom stereocenters. The van der Waals surface area contributed by atoms with Crippen LogP contribution < -0.4 is 5.32 Å². The van der Waals surface area contributed by atoms with Crippen LogP contribution in [-0.4, -0.2) is 47.9 Å². The summed E-state index contributed by atoms with van der Waals surface area (Å²) in [6, 6.07) is 4.79. The highest BCUT2D eigenvalue weighted by atomic mass is 19.1. The summed E-state index contributed by atoms with van der Waals surface area (Å²) in [4.78, 5) is 17.2. The maximum absolute atomic E-state index is 13.7. The molecule has 2 aliphatic heterocycles. The van der Waals surface area contributed by atoms with E-state index in [2.05, 4.69) is 48.9 Å². The number of carbonyl (C=O) groups excluding carboxylic acids is 1. The van der Waals surface area contributed by atoms with Crippen molar-refractivity contribution in [1.82, 2.24) is 9.80 Å². The number of likely N-dealkylation sites (N-methyl/N-ethyl adjacent to an activating group) is 1. The van der Waals surface area contributed by atoms with Crippen LogP contribution in [-0.2, 0) is 4.79 Å². The van der Waals surface area contributed by atoms with Crippen LogP contribution in [0.15, 0.2) is 41.6 Å². The molecule has 0 saturated heterocycles. The number of amides is 1. The van der Waals surface area contributed by atoms with Gasteiger partial charge in [0.05, 0.1) is 5.92 Å². The van der Waals surface area contributed by atoms with Gasteiger partial charge in [-0.25, -0.2) is 4.39 Å². The van der Waals surface area contributed by atoms with Crippen molar-refractivity contribution >= 4 is 11.6 Å². The quantitative estimate of drug-likeness (QED) is 0.842. The minimum absolute atomic E-state index is 0.0888. The van der Waals surface area contributed by atoms with Crippen molar-refractivity contribution in [1.29, 1.82) is 0 Å². The monoisotopic (exact) mass is 357 g/mol. The molecule has 0 aromatic heterocycles. The van der Waals surface area contributed by atoms with Crippen molar-refractivity contribution in [2.75, 3.05) is 31.5 Å². The summed E-state index contributed by atoms with van der Waals surface area (Å²) >= 11 is 0. The Bertz CT molecular complexity index is 752. The minimum atomic E-state index is -0.444. The maximum Gasteiger partial charge on any atom is 0.235 e. The third-order valence-electron chi connectivity index (χ3n) is 5.46. The number of benzene rings is 1. The molecule has 0 bridgehead atoms. The van der Waals surface area contributed by atoms with Gasteiger partial charge in [0.25, 0.3) is 0 Å². The van der Waals surface area contributed by atoms with E-state index in [4.69, 9.17) is 0 Å². The summed E-state index contributed by atoms with van der Waals surface area (Å²) in [6.45, 7) is 12.6. The molecule has 0 saturated carbocycles. The van der Waals surface area contributed by atoms with Crippen LogP contribution in [0.3, 0.4) is 0 Å². The molecular formula is C21H28FN3O. The molecule has 0 radical (unpaired) electrons. The largest absolute Gasteiger partial charge is 0.364 e. The molecule has 1 N–H and O–H groups in total. The number of fused-ring (bicyclic) bond motifs is 1. The topological polar surface area (TPSA) is 35.6 Å². The zero-order valence-corrected chi connectivity index (χ0v) is 16.1. The van der Waals surface area contributed by atoms with E-state index in [1.54, 1.807) is 6.07 Å². The van der Waals surface area contributed by atoms with E-state index >= 15 is 0 Å². The van der Waals surface area contributed by atoms with Crippen molar-refractivity contribution in [3.05, 3.63) is 53.0 Å². The maximum atomic E-state index is 13.7. The second-order valence-electron chi connectivity index (χ2n) is 7.06. The first-order valence-electron chi connectivity index (χ1n) is 9.44. The Hall–Kier alpha value is -2.14. The lowest BCUT2D eigenvalue weighted by Gasteiger charge is -2.30. The Morgan fingerprint density at radius 3 is 2.73 bits per heavy atom. The van der Waals surface area contributed by atoms with E-state index < -0.39 is 5.92 Å². The predicted octanol–water partition coefficient (Wildman–Crippen LogP) is 3.74. The van der Waals surface area contributed by atoms with Gasteiger partial charge in [-0.3, -0.25) is 4.79 Å². The number of hydrogen-bond donors (Lipinski definition) is 1. The first-order valence-corrected chi connectivity index (χ1v) is 9.44. The molecule has 2 aliphatic rings. The molecule has 4 nitrogen and oxygen atoms in total. The van der Waals surface area contributed by atoms with Crippen LogP contribution >= 0.6 is 0 Å². The van der Waals surface area contributed by atoms with E-state index in [9.17, 15) is 9.18 Å². The molecule has 1 aromatic rings. The first kappa shape index (κ1) is 18.6. The highest BCUT2D eigenvalue weighted by Crippen LogP contribution is 2.37. The van der Waals surface area contributed by atoms with Crippen molar-refractivity contribution in [2.24, 2.45) is 0 Å². The van der Waals surface area contributed by atoms with Crippen molar-refractivity contribution in [3.63, 3.8) is 0 Å². The second kappa shape index (κ2) is 7.62. The number of nitrogens with zero attached hydrogens (tertiary/aromatic N) is 2. The number of rotatable bonds is 6. The molecule has 1 aromatic carbocycles. The molecule has 3 rings (SSSR count). The fourth-order valence-corrected chi connectivity index (χ4v) is 3.90. The zero-order chi connectivity index (χ0) is 18.8. The van der Waals surface area contributed by atoms with Gasteiger partial charge in [0.1, 0.15) is 5.82 Å². The van der Waals surface area contributed by atoms with Crippen LogP contribution in [0.1, 0.15) is 39.2 Å². The SMILES string of the molecule is CCN(CC)CCN1/C(=C\C2C(=O)Nc3ccc(F)cc32)C(C)=CC1C. The van der Waals surface area contributed by atoms with Crippen LogP contribution in [0.25, 0.3) is 0 Å². The van der Waals surface area contributed by atoms with Gasteiger partial charge in [-0.15, -0.1) is 0 Å². The number of anilines is 1. The number of hydrogen-bond acceptors (Lipinski definition) is 3. The van der Waals surface area contributed by atoms with Gasteiger partial charge < -0.3 is 15.1 Å². The zero-order valence-electron chi connectivity index (χ0n) is 16.1. The highest BCUT2D eigenvalue weighted by Gasteiger charge is 2.32. The number of allylic oxidation sites excluding steroid dienone is 1. The number of carbonyl (C=O) groups is 1. The Balaban J connectivity index is 1.87. The summed E-state index contributed by atoms with van der Waals surface area (Å²) < 4.78 is 13.7. The summed E-state index contributed by atoms with van der Waals surface area (Å²) in [5, 5.41) is 2.86. The number of halogens is 1. The Morgan fingerprint density at radius 2 is 2.04 bits per heavy atom. The predicted molar refractivity (Wildman–Crippen MR) is 104 cm³/mol. The molecule has 1 amide bonds. The first-order chi connectivity index (χ1) is 12.4. The van der Waals surface area contributed by atoms with Gasteiger partial charge in [-0.05, 0) is 62.3 Å². The normalized spacial score (nSPS) is 23.6. The summed E-state index contributed by atoms with van der Waals surface area (Å²) in [5.41, 5.74) is 3.69. The smallest absolute Gasteiger partial charge is 0.235 e. The number of nitrogens with one attached hydrogen (secondary N) is 1. The van der Waals surface area contributed by atoms with Gasteiger partial charge in [0, 0.05) is 30.5 Å². The van der Waals surface area contributed by atoms with Crippen LogP contribution in [0, 0.1) is 5.82 Å². The third-order valence-corrected chi connectivity index (χ3v) is 5.46. The van der Waals surface area contributed by atoms with Crippen LogP contribution in [0.5, 0.6) is 0 Å². The standard InChI is InChI=1S/C21H28FN3O/c1-5-24(6-2)9-10-25-15(4)11-14(3)20(25)13-18-17-12-16(22)7-8-19(17)23-21(18)26/h7-8,11-13,15,18H,5-6,9-10H2,1-4H3,(H,23,26)/b20-13-. The fraction of sp³-hybridized carbons (Fsp3) is 0.476. The van der Waals surface area contributed by atoms with Crippen molar-refractivity contribution in [3.8, 4) is 0 Å². The van der Waals surface area contributed by atoms with E-state index in [1.165, 1.54) is 17.7 Å². The molecular weight excluding hydrogens is 329 g/mol. The van der Waals surface area contributed by atoms with Gasteiger partial charge in [0.2, 0.25) is 5.91 Å². The lowest BCUT2D eigenvalue weighted by molar-refractivity contribution is -0.116. The van der Waals surface area contributed by atoms with Crippen LogP contribution in [0.2, 0.25) is 0 Å². The average molecular weight is 357 g/mol. The fourth-order valence-electron chi connectivity index (χ4n) is 3.90. The highest BCUT2D eigenvalue weighted by molar-refractivity contribution is 6.04. The van der Waals surface area contributed by atoms with Crippen molar-refractivity contribution < 1.29 is 9.18 Å². The minimum Gasteiger partial charge on any atom is -0.364 e. The van der Waals surface area contributed by atoms with E-state index in [1.807, 2.05) is 6.08 Å². The van der Waals surface area contributed by atoms with Gasteiger partial charge in [0.15, 0.2) is 0 Å². The molecule has 2 heterocycles. The molecule has 0 fully saturated rings. The van der Waals surface area contributed by atoms with E-state index in [0.29, 0.717) is 11.7 Å². The Labute approximate surface area is 155 Å². The summed E-state index contributed by atoms with van der Waals surface area (Å²) in [5.74, 6) is -0.844. The lowest BCUT2D eigenvalue weighted by atomic mass is 9.98. The van der Waals surface area contributed by atoms with Crippen LogP contribution in [0.4, 0.5) is 10.1 Å². The molecule has 26 heavy (non-hydrogen) atoms. The average Bonchev–Trinajstić information content (AvgIpc) is 3.06. The lowest BCUT2D eigenvalue weighted by Crippen LogP contribution is -2.36. The molecule has 0 spiro atoms. The van der Waals surface area contributed by atoms with Gasteiger partial charge in [-0.1, -0.05) is 19.9 Å². The van der Waals surface area contributed by atoms with E-state index in [-0.39, 0.29) is 11.7 Å². The van der Waals surface area contributed by atoms with Gasteiger partial charge in [-0.2, -0.15) is 0 Å². The summed E-state index contributed by atoms with van der Waals surface area (Å²) in [7, 11) is 0. The van der Waals surface area contributed by atoms with Crippen molar-refractivity contribution in [2.45, 2.75) is 39.7 Å². The Kier molecular flexibility index (Phi) is 5.47. The Morgan fingerprint density at radius 1 is 1.31 bits per heavy atom. The molecule has 140 valence electrons. The third kappa shape index (κ3) is 3.54. The summed E-state index contributed by atoms with van der Waals surface area (Å²) in [6.07, 6.45) is 4.23.